The maximum atomic E-state index is 12.6. The van der Waals surface area contributed by atoms with Crippen molar-refractivity contribution in [1.82, 2.24) is 10.2 Å². The standard InChI is InChI=1S/C18H16N2O8S/c1-8(21)27-6-9-7-29-16-11(15(24)20(16)12(9)17(25)26)19-14(23)13-18(28-13)4-2-10(22)3-5-18/h2-5,11,13,16H,6-7H2,1H3,(H,19,23)(H,25,26)/t11-,13-,16-/m1/s1. The number of hydrogen-bond acceptors (Lipinski definition) is 8. The van der Waals surface area contributed by atoms with Gasteiger partial charge in [-0.05, 0) is 24.3 Å². The van der Waals surface area contributed by atoms with Gasteiger partial charge in [0.2, 0.25) is 0 Å². The maximum Gasteiger partial charge on any atom is 0.352 e. The monoisotopic (exact) mass is 420 g/mol. The van der Waals surface area contributed by atoms with Crippen LogP contribution >= 0.6 is 11.8 Å². The largest absolute Gasteiger partial charge is 0.477 e. The van der Waals surface area contributed by atoms with E-state index in [1.54, 1.807) is 0 Å². The lowest BCUT2D eigenvalue weighted by Gasteiger charge is -2.49. The second-order valence-corrected chi connectivity index (χ2v) is 7.96. The highest BCUT2D eigenvalue weighted by atomic mass is 32.2. The minimum atomic E-state index is -1.30. The SMILES string of the molecule is CC(=O)OCC1=C(C(=O)O)N2C(=O)[C@@H](NC(=O)[C@H]3OC34C=CC(=O)C=C4)[C@H]2SC1. The number of nitrogens with one attached hydrogen (secondary N) is 1. The van der Waals surface area contributed by atoms with E-state index < -0.39 is 46.9 Å². The van der Waals surface area contributed by atoms with Crippen molar-refractivity contribution in [1.29, 1.82) is 0 Å². The molecule has 0 aromatic carbocycles. The van der Waals surface area contributed by atoms with Crippen LogP contribution in [0.1, 0.15) is 6.92 Å². The molecule has 152 valence electrons. The van der Waals surface area contributed by atoms with Crippen LogP contribution in [0.4, 0.5) is 0 Å². The van der Waals surface area contributed by atoms with E-state index >= 15 is 0 Å². The third-order valence-corrected chi connectivity index (χ3v) is 6.27. The first-order chi connectivity index (χ1) is 13.7. The molecule has 0 unspecified atom stereocenters. The predicted octanol–water partition coefficient (Wildman–Crippen LogP) is -0.879. The second kappa shape index (κ2) is 6.85. The molecular formula is C18H16N2O8S. The Hall–Kier alpha value is -2.92. The van der Waals surface area contributed by atoms with Gasteiger partial charge in [-0.3, -0.25) is 24.1 Å². The third kappa shape index (κ3) is 3.25. The van der Waals surface area contributed by atoms with Crippen LogP contribution in [0, 0.1) is 0 Å². The Kier molecular flexibility index (Phi) is 4.58. The topological polar surface area (TPSA) is 143 Å². The average molecular weight is 420 g/mol. The smallest absolute Gasteiger partial charge is 0.352 e. The van der Waals surface area contributed by atoms with Gasteiger partial charge in [0.25, 0.3) is 11.8 Å². The number of carboxylic acids is 1. The fraction of sp³-hybridized carbons (Fsp3) is 0.389. The molecule has 0 bridgehead atoms. The predicted molar refractivity (Wildman–Crippen MR) is 97.2 cm³/mol. The molecule has 4 aliphatic rings. The Bertz CT molecular complexity index is 920. The molecule has 0 aromatic rings. The number of carbonyl (C=O) groups is 5. The van der Waals surface area contributed by atoms with Crippen LogP contribution in [0.15, 0.2) is 35.6 Å². The summed E-state index contributed by atoms with van der Waals surface area (Å²) >= 11 is 1.27. The first-order valence-corrected chi connectivity index (χ1v) is 9.72. The van der Waals surface area contributed by atoms with Crippen LogP contribution < -0.4 is 5.32 Å². The summed E-state index contributed by atoms with van der Waals surface area (Å²) in [4.78, 5) is 60.0. The number of β-lactam (4-membered cyclic amide) rings is 1. The summed E-state index contributed by atoms with van der Waals surface area (Å²) < 4.78 is 10.3. The Labute approximate surface area is 168 Å². The molecule has 0 saturated carbocycles. The van der Waals surface area contributed by atoms with Crippen LogP contribution in [0.5, 0.6) is 0 Å². The zero-order chi connectivity index (χ0) is 20.9. The van der Waals surface area contributed by atoms with Gasteiger partial charge in [-0.15, -0.1) is 11.8 Å². The van der Waals surface area contributed by atoms with Crippen molar-refractivity contribution >= 4 is 41.3 Å². The number of nitrogens with zero attached hydrogens (tertiary/aromatic N) is 1. The molecule has 2 saturated heterocycles. The number of ketones is 1. The molecule has 10 nitrogen and oxygen atoms in total. The fourth-order valence-corrected chi connectivity index (χ4v) is 4.76. The number of carbonyl (C=O) groups excluding carboxylic acids is 4. The average Bonchev–Trinajstić information content (AvgIpc) is 3.39. The quantitative estimate of drug-likeness (QED) is 0.329. The molecule has 0 aromatic heterocycles. The van der Waals surface area contributed by atoms with E-state index in [4.69, 9.17) is 9.47 Å². The van der Waals surface area contributed by atoms with Crippen LogP contribution in [0.25, 0.3) is 0 Å². The lowest BCUT2D eigenvalue weighted by Crippen LogP contribution is -2.71. The van der Waals surface area contributed by atoms with E-state index in [1.807, 2.05) is 0 Å². The van der Waals surface area contributed by atoms with Crippen molar-refractivity contribution in [2.75, 3.05) is 12.4 Å². The maximum absolute atomic E-state index is 12.6. The molecular weight excluding hydrogens is 404 g/mol. The summed E-state index contributed by atoms with van der Waals surface area (Å²) in [7, 11) is 0. The number of allylic oxidation sites excluding steroid dienone is 2. The van der Waals surface area contributed by atoms with Crippen molar-refractivity contribution in [3.8, 4) is 0 Å². The number of aliphatic carboxylic acids is 1. The van der Waals surface area contributed by atoms with Gasteiger partial charge in [0.05, 0.1) is 0 Å². The van der Waals surface area contributed by atoms with E-state index in [2.05, 4.69) is 5.32 Å². The number of carboxylic acid groups (broad SMARTS) is 1. The van der Waals surface area contributed by atoms with Gasteiger partial charge in [-0.25, -0.2) is 4.79 Å². The second-order valence-electron chi connectivity index (χ2n) is 6.85. The number of rotatable bonds is 5. The van der Waals surface area contributed by atoms with E-state index in [1.165, 1.54) is 43.0 Å². The van der Waals surface area contributed by atoms with Crippen LogP contribution in [0.3, 0.4) is 0 Å². The lowest BCUT2D eigenvalue weighted by atomic mass is 9.97. The summed E-state index contributed by atoms with van der Waals surface area (Å²) in [6.07, 6.45) is 4.77. The molecule has 1 spiro atoms. The molecule has 29 heavy (non-hydrogen) atoms. The van der Waals surface area contributed by atoms with Gasteiger partial charge in [-0.2, -0.15) is 0 Å². The highest BCUT2D eigenvalue weighted by Crippen LogP contribution is 2.43. The highest BCUT2D eigenvalue weighted by Gasteiger charge is 2.61. The van der Waals surface area contributed by atoms with Crippen molar-refractivity contribution in [2.45, 2.75) is 30.0 Å². The van der Waals surface area contributed by atoms with Crippen LogP contribution in [0.2, 0.25) is 0 Å². The van der Waals surface area contributed by atoms with E-state index in [9.17, 15) is 29.1 Å². The minimum absolute atomic E-state index is 0.203. The Morgan fingerprint density at radius 3 is 2.66 bits per heavy atom. The summed E-state index contributed by atoms with van der Waals surface area (Å²) in [6.45, 7) is 0.993. The molecule has 2 fully saturated rings. The minimum Gasteiger partial charge on any atom is -0.477 e. The molecule has 3 heterocycles. The summed E-state index contributed by atoms with van der Waals surface area (Å²) in [6, 6.07) is -0.892. The molecule has 4 rings (SSSR count). The number of fused-ring (bicyclic) bond motifs is 1. The molecule has 3 atom stereocenters. The van der Waals surface area contributed by atoms with Crippen molar-refractivity contribution < 1.29 is 38.6 Å². The van der Waals surface area contributed by atoms with Gasteiger partial charge in [0, 0.05) is 18.2 Å². The number of ether oxygens (including phenoxy) is 2. The number of hydrogen-bond donors (Lipinski definition) is 2. The number of amides is 2. The molecule has 0 radical (unpaired) electrons. The van der Waals surface area contributed by atoms with E-state index in [0.717, 1.165) is 4.90 Å². The first kappa shape index (κ1) is 19.4. The zero-order valence-electron chi connectivity index (χ0n) is 15.1. The molecule has 11 heteroatoms. The molecule has 2 N–H and O–H groups in total. The van der Waals surface area contributed by atoms with Crippen LogP contribution in [-0.4, -0.2) is 75.0 Å². The van der Waals surface area contributed by atoms with Crippen molar-refractivity contribution in [2.24, 2.45) is 0 Å². The molecule has 3 aliphatic heterocycles. The third-order valence-electron chi connectivity index (χ3n) is 4.93. The van der Waals surface area contributed by atoms with Gasteiger partial charge in [0.1, 0.15) is 29.3 Å². The first-order valence-electron chi connectivity index (χ1n) is 8.67. The van der Waals surface area contributed by atoms with E-state index in [0.29, 0.717) is 5.57 Å². The summed E-state index contributed by atoms with van der Waals surface area (Å²) in [5.41, 5.74) is -0.868. The lowest BCUT2D eigenvalue weighted by molar-refractivity contribution is -0.151. The number of thioether (sulfide) groups is 1. The Morgan fingerprint density at radius 1 is 1.34 bits per heavy atom. The summed E-state index contributed by atoms with van der Waals surface area (Å²) in [5.74, 6) is -2.90. The van der Waals surface area contributed by atoms with Crippen LogP contribution in [-0.2, 0) is 33.4 Å². The van der Waals surface area contributed by atoms with Gasteiger partial charge in [0.15, 0.2) is 11.9 Å². The van der Waals surface area contributed by atoms with Crippen molar-refractivity contribution in [3.63, 3.8) is 0 Å². The highest BCUT2D eigenvalue weighted by molar-refractivity contribution is 8.00. The Balaban J connectivity index is 1.44. The number of epoxide rings is 1. The molecule has 2 amide bonds. The fourth-order valence-electron chi connectivity index (χ4n) is 3.43. The van der Waals surface area contributed by atoms with Gasteiger partial charge < -0.3 is 19.9 Å². The Morgan fingerprint density at radius 2 is 2.03 bits per heavy atom. The zero-order valence-corrected chi connectivity index (χ0v) is 15.9. The van der Waals surface area contributed by atoms with Crippen molar-refractivity contribution in [3.05, 3.63) is 35.6 Å². The normalized spacial score (nSPS) is 28.7. The molecule has 1 aliphatic carbocycles. The number of esters is 1. The van der Waals surface area contributed by atoms with E-state index in [-0.39, 0.29) is 23.8 Å². The summed E-state index contributed by atoms with van der Waals surface area (Å²) in [5, 5.41) is 11.5. The van der Waals surface area contributed by atoms with Gasteiger partial charge >= 0.3 is 11.9 Å². The van der Waals surface area contributed by atoms with Gasteiger partial charge in [-0.1, -0.05) is 0 Å².